The molecule has 0 bridgehead atoms. The molecule has 30 heavy (non-hydrogen) atoms. The molecule has 0 saturated carbocycles. The molecule has 148 valence electrons. The number of nitrogens with one attached hydrogen (secondary N) is 1. The van der Waals surface area contributed by atoms with Crippen LogP contribution < -0.4 is 14.8 Å². The Kier molecular flexibility index (Phi) is 3.31. The van der Waals surface area contributed by atoms with Crippen molar-refractivity contribution in [3.63, 3.8) is 0 Å². The monoisotopic (exact) mass is 416 g/mol. The summed E-state index contributed by atoms with van der Waals surface area (Å²) in [6.45, 7) is 0.891. The molecule has 8 heteroatoms. The van der Waals surface area contributed by atoms with Gasteiger partial charge in [0.05, 0.1) is 11.6 Å². The van der Waals surface area contributed by atoms with Crippen LogP contribution in [0.1, 0.15) is 34.8 Å². The molecule has 1 unspecified atom stereocenters. The molecule has 1 aromatic carbocycles. The SMILES string of the molecule is C1=C2c3c(sc4nc(-c5ccno5)nc(NCc5ccc6c(c5)OCO6)c34)C2CC1. The van der Waals surface area contributed by atoms with Gasteiger partial charge in [-0.1, -0.05) is 17.3 Å². The third kappa shape index (κ3) is 2.28. The highest BCUT2D eigenvalue weighted by atomic mass is 32.1. The fourth-order valence-electron chi connectivity index (χ4n) is 4.53. The minimum absolute atomic E-state index is 0.274. The summed E-state index contributed by atoms with van der Waals surface area (Å²) in [6, 6.07) is 7.78. The van der Waals surface area contributed by atoms with E-state index in [1.165, 1.54) is 22.4 Å². The number of allylic oxidation sites excluding steroid dienone is 2. The number of thiophene rings is 1. The van der Waals surface area contributed by atoms with E-state index >= 15 is 0 Å². The van der Waals surface area contributed by atoms with E-state index in [-0.39, 0.29) is 6.79 Å². The zero-order valence-electron chi connectivity index (χ0n) is 15.8. The van der Waals surface area contributed by atoms with Gasteiger partial charge in [0.15, 0.2) is 11.5 Å². The van der Waals surface area contributed by atoms with Crippen LogP contribution in [-0.2, 0) is 6.54 Å². The lowest BCUT2D eigenvalue weighted by atomic mass is 9.80. The molecular weight excluding hydrogens is 400 g/mol. The van der Waals surface area contributed by atoms with Gasteiger partial charge in [0.2, 0.25) is 18.4 Å². The van der Waals surface area contributed by atoms with Crippen LogP contribution in [0.3, 0.4) is 0 Å². The first-order valence-corrected chi connectivity index (χ1v) is 10.7. The fourth-order valence-corrected chi connectivity index (χ4v) is 5.88. The molecule has 1 atom stereocenters. The number of anilines is 1. The van der Waals surface area contributed by atoms with E-state index in [2.05, 4.69) is 16.5 Å². The Hall–Kier alpha value is -3.39. The number of benzene rings is 1. The Morgan fingerprint density at radius 2 is 2.10 bits per heavy atom. The van der Waals surface area contributed by atoms with Crippen molar-refractivity contribution in [1.29, 1.82) is 0 Å². The molecule has 0 radical (unpaired) electrons. The third-order valence-corrected chi connectivity index (χ3v) is 7.13. The van der Waals surface area contributed by atoms with Crippen molar-refractivity contribution in [3.05, 3.63) is 52.5 Å². The predicted molar refractivity (Wildman–Crippen MR) is 113 cm³/mol. The van der Waals surface area contributed by atoms with Crippen LogP contribution in [0.4, 0.5) is 5.82 Å². The molecule has 7 nitrogen and oxygen atoms in total. The van der Waals surface area contributed by atoms with E-state index in [4.69, 9.17) is 24.0 Å². The first-order chi connectivity index (χ1) is 14.8. The van der Waals surface area contributed by atoms with Gasteiger partial charge in [-0.15, -0.1) is 11.3 Å². The standard InChI is InChI=1S/C22H16N4O3S/c1-2-12-13(3-1)19-17(12)18-21(23-9-11-4-5-14-16(8-11)28-10-27-14)25-20(26-22(18)30-19)15-6-7-24-29-15/h2,4-8,13H,1,3,9-10H2,(H,23,25,26). The number of nitrogens with zero attached hydrogens (tertiary/aromatic N) is 3. The summed E-state index contributed by atoms with van der Waals surface area (Å²) in [5.74, 6) is 4.09. The van der Waals surface area contributed by atoms with Crippen molar-refractivity contribution in [2.45, 2.75) is 25.3 Å². The summed E-state index contributed by atoms with van der Waals surface area (Å²) in [6.07, 6.45) is 6.34. The van der Waals surface area contributed by atoms with Crippen molar-refractivity contribution < 1.29 is 14.0 Å². The Labute approximate surface area is 175 Å². The van der Waals surface area contributed by atoms with Crippen LogP contribution in [0.5, 0.6) is 11.5 Å². The molecule has 2 aliphatic carbocycles. The average Bonchev–Trinajstić information content (AvgIpc) is 3.54. The molecule has 4 aromatic rings. The quantitative estimate of drug-likeness (QED) is 0.503. The fraction of sp³-hybridized carbons (Fsp3) is 0.227. The first-order valence-electron chi connectivity index (χ1n) is 9.93. The molecule has 3 aliphatic rings. The second kappa shape index (κ2) is 6.06. The second-order valence-electron chi connectivity index (χ2n) is 7.62. The van der Waals surface area contributed by atoms with E-state index < -0.39 is 0 Å². The summed E-state index contributed by atoms with van der Waals surface area (Å²) in [4.78, 5) is 12.0. The number of fused-ring (bicyclic) bond motifs is 7. The van der Waals surface area contributed by atoms with Gasteiger partial charge in [-0.25, -0.2) is 9.97 Å². The number of aromatic nitrogens is 3. The van der Waals surface area contributed by atoms with E-state index in [1.807, 2.05) is 18.2 Å². The maximum atomic E-state index is 5.51. The highest BCUT2D eigenvalue weighted by Crippen LogP contribution is 2.59. The van der Waals surface area contributed by atoms with Crippen molar-refractivity contribution in [1.82, 2.24) is 15.1 Å². The lowest BCUT2D eigenvalue weighted by molar-refractivity contribution is 0.174. The minimum atomic E-state index is 0.274. The van der Waals surface area contributed by atoms with Crippen molar-refractivity contribution in [2.75, 3.05) is 12.1 Å². The van der Waals surface area contributed by atoms with Gasteiger partial charge in [-0.3, -0.25) is 0 Å². The third-order valence-electron chi connectivity index (χ3n) is 5.93. The molecule has 1 aliphatic heterocycles. The van der Waals surface area contributed by atoms with Gasteiger partial charge in [0, 0.05) is 29.0 Å². The number of ether oxygens (including phenoxy) is 2. The molecule has 4 heterocycles. The maximum Gasteiger partial charge on any atom is 0.231 e. The Bertz CT molecular complexity index is 1340. The summed E-state index contributed by atoms with van der Waals surface area (Å²) in [5.41, 5.74) is 3.88. The zero-order chi connectivity index (χ0) is 19.7. The molecule has 0 saturated heterocycles. The molecular formula is C22H16N4O3S. The average molecular weight is 416 g/mol. The van der Waals surface area contributed by atoms with Crippen LogP contribution in [0.15, 0.2) is 41.1 Å². The number of hydrogen-bond acceptors (Lipinski definition) is 8. The van der Waals surface area contributed by atoms with Crippen LogP contribution in [0.25, 0.3) is 27.4 Å². The van der Waals surface area contributed by atoms with Crippen molar-refractivity contribution in [2.24, 2.45) is 0 Å². The summed E-state index contributed by atoms with van der Waals surface area (Å²) in [5, 5.41) is 8.46. The van der Waals surface area contributed by atoms with Crippen LogP contribution >= 0.6 is 11.3 Å². The highest BCUT2D eigenvalue weighted by Gasteiger charge is 2.40. The molecule has 1 N–H and O–H groups in total. The molecule has 0 fully saturated rings. The highest BCUT2D eigenvalue weighted by molar-refractivity contribution is 7.19. The number of rotatable bonds is 4. The predicted octanol–water partition coefficient (Wildman–Crippen LogP) is 4.96. The normalized spacial score (nSPS) is 18.1. The molecule has 7 rings (SSSR count). The van der Waals surface area contributed by atoms with E-state index in [1.54, 1.807) is 23.6 Å². The van der Waals surface area contributed by atoms with Gasteiger partial charge in [0.25, 0.3) is 0 Å². The van der Waals surface area contributed by atoms with Gasteiger partial charge in [-0.05, 0) is 36.1 Å². The van der Waals surface area contributed by atoms with Crippen molar-refractivity contribution in [3.8, 4) is 23.1 Å². The lowest BCUT2D eigenvalue weighted by Crippen LogP contribution is -2.10. The van der Waals surface area contributed by atoms with Gasteiger partial charge < -0.3 is 19.3 Å². The first kappa shape index (κ1) is 16.4. The van der Waals surface area contributed by atoms with Crippen LogP contribution in [0.2, 0.25) is 0 Å². The topological polar surface area (TPSA) is 82.3 Å². The zero-order valence-corrected chi connectivity index (χ0v) is 16.7. The Morgan fingerprint density at radius 3 is 3.03 bits per heavy atom. The second-order valence-corrected chi connectivity index (χ2v) is 8.66. The van der Waals surface area contributed by atoms with E-state index in [0.717, 1.165) is 39.5 Å². The Morgan fingerprint density at radius 1 is 1.13 bits per heavy atom. The largest absolute Gasteiger partial charge is 0.454 e. The molecule has 0 spiro atoms. The minimum Gasteiger partial charge on any atom is -0.454 e. The van der Waals surface area contributed by atoms with E-state index in [0.29, 0.717) is 24.0 Å². The summed E-state index contributed by atoms with van der Waals surface area (Å²) in [7, 11) is 0. The maximum absolute atomic E-state index is 5.51. The van der Waals surface area contributed by atoms with Crippen LogP contribution in [-0.4, -0.2) is 21.9 Å². The van der Waals surface area contributed by atoms with Gasteiger partial charge in [-0.2, -0.15) is 0 Å². The summed E-state index contributed by atoms with van der Waals surface area (Å²) >= 11 is 1.78. The van der Waals surface area contributed by atoms with Crippen molar-refractivity contribution >= 4 is 32.9 Å². The lowest BCUT2D eigenvalue weighted by Gasteiger charge is -2.26. The Balaban J connectivity index is 1.32. The van der Waals surface area contributed by atoms with E-state index in [9.17, 15) is 0 Å². The van der Waals surface area contributed by atoms with Gasteiger partial charge in [0.1, 0.15) is 10.6 Å². The molecule has 3 aromatic heterocycles. The molecule has 0 amide bonds. The number of hydrogen-bond donors (Lipinski definition) is 1. The smallest absolute Gasteiger partial charge is 0.231 e. The summed E-state index contributed by atoms with van der Waals surface area (Å²) < 4.78 is 16.2. The van der Waals surface area contributed by atoms with Gasteiger partial charge >= 0.3 is 0 Å². The van der Waals surface area contributed by atoms with Crippen LogP contribution in [0, 0.1) is 0 Å².